The molecule has 0 aliphatic heterocycles. The molecule has 0 saturated carbocycles. The van der Waals surface area contributed by atoms with E-state index in [0.29, 0.717) is 17.4 Å². The van der Waals surface area contributed by atoms with Crippen LogP contribution in [0.3, 0.4) is 0 Å². The van der Waals surface area contributed by atoms with Gasteiger partial charge in [-0.05, 0) is 42.7 Å². The number of ether oxygens (including phenoxy) is 1. The second-order valence-corrected chi connectivity index (χ2v) is 5.65. The fourth-order valence-corrected chi connectivity index (χ4v) is 2.02. The highest BCUT2D eigenvalue weighted by Gasteiger charge is 2.05. The van der Waals surface area contributed by atoms with E-state index in [0.717, 1.165) is 17.9 Å². The molecule has 21 heavy (non-hydrogen) atoms. The summed E-state index contributed by atoms with van der Waals surface area (Å²) < 4.78 is 19.3. The molecule has 112 valence electrons. The summed E-state index contributed by atoms with van der Waals surface area (Å²) >= 11 is 0. The molecule has 0 aliphatic rings. The number of hydrogen-bond acceptors (Lipinski definition) is 2. The molecule has 2 aromatic carbocycles. The van der Waals surface area contributed by atoms with E-state index in [4.69, 9.17) is 4.74 Å². The van der Waals surface area contributed by atoms with Crippen LogP contribution in [0.1, 0.15) is 30.5 Å². The van der Waals surface area contributed by atoms with Crippen molar-refractivity contribution in [2.75, 3.05) is 0 Å². The molecule has 1 N–H and O–H groups in total. The summed E-state index contributed by atoms with van der Waals surface area (Å²) in [4.78, 5) is 0. The lowest BCUT2D eigenvalue weighted by Gasteiger charge is -2.12. The molecule has 0 unspecified atom stereocenters. The van der Waals surface area contributed by atoms with Gasteiger partial charge in [0.15, 0.2) is 0 Å². The zero-order valence-corrected chi connectivity index (χ0v) is 13.0. The van der Waals surface area contributed by atoms with Gasteiger partial charge in [-0.15, -0.1) is 0 Å². The SMILES string of the molecule is Cc1ccc(Oc2ccc(CNC(C)C)cc2C)cc1F. The van der Waals surface area contributed by atoms with Gasteiger partial charge in [0, 0.05) is 18.7 Å². The van der Waals surface area contributed by atoms with Crippen molar-refractivity contribution in [3.63, 3.8) is 0 Å². The van der Waals surface area contributed by atoms with Crippen LogP contribution in [0.15, 0.2) is 36.4 Å². The Morgan fingerprint density at radius 2 is 1.81 bits per heavy atom. The fourth-order valence-electron chi connectivity index (χ4n) is 2.02. The number of halogens is 1. The van der Waals surface area contributed by atoms with E-state index in [1.165, 1.54) is 11.6 Å². The van der Waals surface area contributed by atoms with Gasteiger partial charge in [-0.1, -0.05) is 32.0 Å². The van der Waals surface area contributed by atoms with Crippen LogP contribution >= 0.6 is 0 Å². The predicted molar refractivity (Wildman–Crippen MR) is 84.4 cm³/mol. The molecule has 3 heteroatoms. The Balaban J connectivity index is 2.11. The minimum atomic E-state index is -0.247. The van der Waals surface area contributed by atoms with Crippen LogP contribution in [-0.4, -0.2) is 6.04 Å². The van der Waals surface area contributed by atoms with E-state index in [-0.39, 0.29) is 5.82 Å². The van der Waals surface area contributed by atoms with E-state index >= 15 is 0 Å². The largest absolute Gasteiger partial charge is 0.457 e. The lowest BCUT2D eigenvalue weighted by Crippen LogP contribution is -2.21. The van der Waals surface area contributed by atoms with Crippen molar-refractivity contribution in [2.45, 2.75) is 40.3 Å². The maximum Gasteiger partial charge on any atom is 0.130 e. The number of rotatable bonds is 5. The summed E-state index contributed by atoms with van der Waals surface area (Å²) in [5.41, 5.74) is 2.87. The highest BCUT2D eigenvalue weighted by Crippen LogP contribution is 2.27. The normalized spacial score (nSPS) is 11.0. The monoisotopic (exact) mass is 287 g/mol. The Bertz CT molecular complexity index is 623. The van der Waals surface area contributed by atoms with Crippen molar-refractivity contribution in [2.24, 2.45) is 0 Å². The molecule has 0 radical (unpaired) electrons. The molecule has 0 bridgehead atoms. The third-order valence-corrected chi connectivity index (χ3v) is 3.32. The van der Waals surface area contributed by atoms with Crippen molar-refractivity contribution in [1.82, 2.24) is 5.32 Å². The molecular formula is C18H22FNO. The van der Waals surface area contributed by atoms with E-state index < -0.39 is 0 Å². The van der Waals surface area contributed by atoms with Crippen LogP contribution in [0.4, 0.5) is 4.39 Å². The smallest absolute Gasteiger partial charge is 0.130 e. The third kappa shape index (κ3) is 4.30. The predicted octanol–water partition coefficient (Wildman–Crippen LogP) is 4.73. The average Bonchev–Trinajstić information content (AvgIpc) is 2.43. The third-order valence-electron chi connectivity index (χ3n) is 3.32. The molecule has 0 heterocycles. The van der Waals surface area contributed by atoms with Gasteiger partial charge in [0.25, 0.3) is 0 Å². The van der Waals surface area contributed by atoms with Gasteiger partial charge in [-0.25, -0.2) is 4.39 Å². The van der Waals surface area contributed by atoms with Crippen molar-refractivity contribution < 1.29 is 9.13 Å². The minimum absolute atomic E-state index is 0.247. The lowest BCUT2D eigenvalue weighted by molar-refractivity contribution is 0.472. The molecule has 2 aromatic rings. The summed E-state index contributed by atoms with van der Waals surface area (Å²) in [5.74, 6) is 1.03. The van der Waals surface area contributed by atoms with Gasteiger partial charge < -0.3 is 10.1 Å². The van der Waals surface area contributed by atoms with Gasteiger partial charge in [0.1, 0.15) is 17.3 Å². The van der Waals surface area contributed by atoms with E-state index in [9.17, 15) is 4.39 Å². The first kappa shape index (κ1) is 15.5. The van der Waals surface area contributed by atoms with E-state index in [1.54, 1.807) is 19.1 Å². The lowest BCUT2D eigenvalue weighted by atomic mass is 10.1. The van der Waals surface area contributed by atoms with Gasteiger partial charge in [-0.2, -0.15) is 0 Å². The highest BCUT2D eigenvalue weighted by molar-refractivity contribution is 5.40. The Kier molecular flexibility index (Phi) is 4.97. The van der Waals surface area contributed by atoms with Crippen molar-refractivity contribution in [3.8, 4) is 11.5 Å². The molecule has 2 nitrogen and oxygen atoms in total. The number of aryl methyl sites for hydroxylation is 2. The summed E-state index contributed by atoms with van der Waals surface area (Å²) in [7, 11) is 0. The van der Waals surface area contributed by atoms with Gasteiger partial charge in [0.2, 0.25) is 0 Å². The molecule has 0 amide bonds. The zero-order chi connectivity index (χ0) is 15.4. The summed E-state index contributed by atoms with van der Waals surface area (Å²) in [6.45, 7) is 8.81. The molecule has 0 spiro atoms. The Morgan fingerprint density at radius 3 is 2.43 bits per heavy atom. The first-order valence-corrected chi connectivity index (χ1v) is 7.22. The van der Waals surface area contributed by atoms with E-state index in [2.05, 4.69) is 25.2 Å². The Labute approximate surface area is 126 Å². The van der Waals surface area contributed by atoms with Crippen LogP contribution in [0.25, 0.3) is 0 Å². The maximum atomic E-state index is 13.5. The van der Waals surface area contributed by atoms with E-state index in [1.807, 2.05) is 19.1 Å². The zero-order valence-electron chi connectivity index (χ0n) is 13.0. The fraction of sp³-hybridized carbons (Fsp3) is 0.333. The number of benzene rings is 2. The van der Waals surface area contributed by atoms with Gasteiger partial charge >= 0.3 is 0 Å². The molecule has 0 aromatic heterocycles. The average molecular weight is 287 g/mol. The van der Waals surface area contributed by atoms with Crippen LogP contribution in [0.2, 0.25) is 0 Å². The Morgan fingerprint density at radius 1 is 1.05 bits per heavy atom. The topological polar surface area (TPSA) is 21.3 Å². The Hall–Kier alpha value is -1.87. The molecule has 0 fully saturated rings. The summed E-state index contributed by atoms with van der Waals surface area (Å²) in [6.07, 6.45) is 0. The minimum Gasteiger partial charge on any atom is -0.457 e. The first-order valence-electron chi connectivity index (χ1n) is 7.22. The molecule has 2 rings (SSSR count). The van der Waals surface area contributed by atoms with Crippen LogP contribution in [-0.2, 0) is 6.54 Å². The molecule has 0 aliphatic carbocycles. The molecule has 0 atom stereocenters. The van der Waals surface area contributed by atoms with Crippen LogP contribution < -0.4 is 10.1 Å². The van der Waals surface area contributed by atoms with Crippen molar-refractivity contribution >= 4 is 0 Å². The molecule has 0 saturated heterocycles. The van der Waals surface area contributed by atoms with Crippen LogP contribution in [0, 0.1) is 19.7 Å². The van der Waals surface area contributed by atoms with Crippen molar-refractivity contribution in [3.05, 3.63) is 58.9 Å². The highest BCUT2D eigenvalue weighted by atomic mass is 19.1. The number of nitrogens with one attached hydrogen (secondary N) is 1. The number of hydrogen-bond donors (Lipinski definition) is 1. The quantitative estimate of drug-likeness (QED) is 0.858. The van der Waals surface area contributed by atoms with Gasteiger partial charge in [-0.3, -0.25) is 0 Å². The second-order valence-electron chi connectivity index (χ2n) is 5.65. The first-order chi connectivity index (χ1) is 9.95. The summed E-state index contributed by atoms with van der Waals surface area (Å²) in [5, 5.41) is 3.38. The molecular weight excluding hydrogens is 265 g/mol. The standard InChI is InChI=1S/C18H22FNO/c1-12(2)20-11-15-6-8-18(14(4)9-15)21-16-7-5-13(3)17(19)10-16/h5-10,12,20H,11H2,1-4H3. The second kappa shape index (κ2) is 6.72. The van der Waals surface area contributed by atoms with Crippen LogP contribution in [0.5, 0.6) is 11.5 Å². The van der Waals surface area contributed by atoms with Gasteiger partial charge in [0.05, 0.1) is 0 Å². The maximum absolute atomic E-state index is 13.5. The summed E-state index contributed by atoms with van der Waals surface area (Å²) in [6, 6.07) is 11.4. The van der Waals surface area contributed by atoms with Crippen molar-refractivity contribution in [1.29, 1.82) is 0 Å².